The molecule has 0 atom stereocenters. The van der Waals surface area contributed by atoms with E-state index in [2.05, 4.69) is 48.4 Å². The molecule has 0 aliphatic carbocycles. The smallest absolute Gasteiger partial charge is 0.224 e. The van der Waals surface area contributed by atoms with E-state index < -0.39 is 0 Å². The van der Waals surface area contributed by atoms with Crippen LogP contribution in [-0.4, -0.2) is 16.0 Å². The van der Waals surface area contributed by atoms with E-state index in [4.69, 9.17) is 0 Å². The molecule has 116 valence electrons. The van der Waals surface area contributed by atoms with Crippen LogP contribution in [0, 0.1) is 0 Å². The maximum absolute atomic E-state index is 12.0. The third-order valence-electron chi connectivity index (χ3n) is 3.64. The van der Waals surface area contributed by atoms with Gasteiger partial charge in [-0.2, -0.15) is 0 Å². The number of amides is 1. The van der Waals surface area contributed by atoms with Gasteiger partial charge in [-0.1, -0.05) is 38.1 Å². The number of nitrogens with one attached hydrogen (secondary N) is 1. The van der Waals surface area contributed by atoms with Gasteiger partial charge in [-0.3, -0.25) is 9.78 Å². The van der Waals surface area contributed by atoms with Gasteiger partial charge in [0.25, 0.3) is 0 Å². The molecule has 0 fully saturated rings. The van der Waals surface area contributed by atoms with Gasteiger partial charge >= 0.3 is 0 Å². The maximum Gasteiger partial charge on any atom is 0.224 e. The maximum atomic E-state index is 12.0. The number of carbonyl (C=O) groups is 1. The van der Waals surface area contributed by atoms with Crippen molar-refractivity contribution in [2.24, 2.45) is 0 Å². The molecule has 1 heterocycles. The highest BCUT2D eigenvalue weighted by atomic mass is 16.3. The van der Waals surface area contributed by atoms with Gasteiger partial charge in [-0.15, -0.1) is 0 Å². The SMILES string of the molecule is CC(C)c1ccc(CCC(=O)Nc2cnccc2CO)cc1. The summed E-state index contributed by atoms with van der Waals surface area (Å²) in [6.45, 7) is 4.21. The summed E-state index contributed by atoms with van der Waals surface area (Å²) in [6, 6.07) is 10.1. The average Bonchev–Trinajstić information content (AvgIpc) is 2.54. The van der Waals surface area contributed by atoms with E-state index in [-0.39, 0.29) is 12.5 Å². The molecular formula is C18H22N2O2. The van der Waals surface area contributed by atoms with Crippen LogP contribution in [0.5, 0.6) is 0 Å². The van der Waals surface area contributed by atoms with Crippen LogP contribution < -0.4 is 5.32 Å². The predicted octanol–water partition coefficient (Wildman–Crippen LogP) is 3.27. The molecule has 1 aromatic carbocycles. The van der Waals surface area contributed by atoms with Gasteiger partial charge in [0.2, 0.25) is 5.91 Å². The minimum atomic E-state index is -0.116. The van der Waals surface area contributed by atoms with E-state index in [0.717, 1.165) is 5.56 Å². The molecule has 2 rings (SSSR count). The molecule has 0 saturated carbocycles. The monoisotopic (exact) mass is 298 g/mol. The molecule has 0 saturated heterocycles. The highest BCUT2D eigenvalue weighted by Gasteiger charge is 2.07. The number of hydrogen-bond acceptors (Lipinski definition) is 3. The van der Waals surface area contributed by atoms with Crippen LogP contribution in [0.1, 0.15) is 42.9 Å². The number of rotatable bonds is 6. The Bertz CT molecular complexity index is 621. The molecule has 0 aliphatic rings. The Morgan fingerprint density at radius 1 is 1.23 bits per heavy atom. The number of aliphatic hydroxyl groups is 1. The summed E-state index contributed by atoms with van der Waals surface area (Å²) in [4.78, 5) is 16.0. The van der Waals surface area contributed by atoms with Crippen molar-refractivity contribution in [1.29, 1.82) is 0 Å². The van der Waals surface area contributed by atoms with Gasteiger partial charge in [-0.25, -0.2) is 0 Å². The van der Waals surface area contributed by atoms with E-state index in [0.29, 0.717) is 30.0 Å². The number of carbonyl (C=O) groups excluding carboxylic acids is 1. The molecule has 0 radical (unpaired) electrons. The van der Waals surface area contributed by atoms with Crippen LogP contribution in [0.15, 0.2) is 42.7 Å². The van der Waals surface area contributed by atoms with Gasteiger partial charge in [0, 0.05) is 18.2 Å². The third-order valence-corrected chi connectivity index (χ3v) is 3.64. The zero-order chi connectivity index (χ0) is 15.9. The Hall–Kier alpha value is -2.20. The van der Waals surface area contributed by atoms with E-state index in [1.165, 1.54) is 5.56 Å². The number of aryl methyl sites for hydroxylation is 1. The van der Waals surface area contributed by atoms with Crippen molar-refractivity contribution in [1.82, 2.24) is 4.98 Å². The van der Waals surface area contributed by atoms with Crippen molar-refractivity contribution in [2.75, 3.05) is 5.32 Å². The summed E-state index contributed by atoms with van der Waals surface area (Å²) in [5, 5.41) is 12.0. The fourth-order valence-corrected chi connectivity index (χ4v) is 2.21. The highest BCUT2D eigenvalue weighted by Crippen LogP contribution is 2.16. The molecule has 0 spiro atoms. The number of nitrogens with zero attached hydrogens (tertiary/aromatic N) is 1. The predicted molar refractivity (Wildman–Crippen MR) is 87.6 cm³/mol. The fourth-order valence-electron chi connectivity index (χ4n) is 2.21. The van der Waals surface area contributed by atoms with Crippen LogP contribution in [-0.2, 0) is 17.8 Å². The average molecular weight is 298 g/mol. The number of pyridine rings is 1. The van der Waals surface area contributed by atoms with Crippen molar-refractivity contribution < 1.29 is 9.90 Å². The number of aliphatic hydroxyl groups excluding tert-OH is 1. The number of benzene rings is 1. The molecular weight excluding hydrogens is 276 g/mol. The lowest BCUT2D eigenvalue weighted by Crippen LogP contribution is -2.14. The second kappa shape index (κ2) is 7.71. The van der Waals surface area contributed by atoms with E-state index in [1.54, 1.807) is 18.5 Å². The molecule has 0 aliphatic heterocycles. The van der Waals surface area contributed by atoms with Gasteiger partial charge in [0.15, 0.2) is 0 Å². The second-order valence-corrected chi connectivity index (χ2v) is 5.64. The van der Waals surface area contributed by atoms with Crippen LogP contribution in [0.2, 0.25) is 0 Å². The molecule has 22 heavy (non-hydrogen) atoms. The van der Waals surface area contributed by atoms with Gasteiger partial charge in [-0.05, 0) is 29.5 Å². The molecule has 2 N–H and O–H groups in total. The molecule has 0 unspecified atom stereocenters. The van der Waals surface area contributed by atoms with Crippen LogP contribution in [0.25, 0.3) is 0 Å². The Kier molecular flexibility index (Phi) is 5.67. The number of anilines is 1. The first-order valence-electron chi connectivity index (χ1n) is 7.52. The summed E-state index contributed by atoms with van der Waals surface area (Å²) in [7, 11) is 0. The summed E-state index contributed by atoms with van der Waals surface area (Å²) < 4.78 is 0. The van der Waals surface area contributed by atoms with Crippen molar-refractivity contribution in [3.63, 3.8) is 0 Å². The van der Waals surface area contributed by atoms with Crippen molar-refractivity contribution in [2.45, 2.75) is 39.2 Å². The zero-order valence-electron chi connectivity index (χ0n) is 13.0. The largest absolute Gasteiger partial charge is 0.392 e. The minimum absolute atomic E-state index is 0.0735. The topological polar surface area (TPSA) is 62.2 Å². The summed E-state index contributed by atoms with van der Waals surface area (Å²) >= 11 is 0. The van der Waals surface area contributed by atoms with E-state index >= 15 is 0 Å². The Morgan fingerprint density at radius 3 is 2.59 bits per heavy atom. The summed E-state index contributed by atoms with van der Waals surface area (Å²) in [6.07, 6.45) is 4.25. The molecule has 4 nitrogen and oxygen atoms in total. The zero-order valence-corrected chi connectivity index (χ0v) is 13.0. The normalized spacial score (nSPS) is 10.7. The molecule has 2 aromatic rings. The van der Waals surface area contributed by atoms with Gasteiger partial charge in [0.05, 0.1) is 18.5 Å². The van der Waals surface area contributed by atoms with Crippen LogP contribution in [0.3, 0.4) is 0 Å². The third kappa shape index (κ3) is 4.40. The van der Waals surface area contributed by atoms with Crippen molar-refractivity contribution >= 4 is 11.6 Å². The molecule has 0 bridgehead atoms. The molecule has 1 amide bonds. The Balaban J connectivity index is 1.90. The van der Waals surface area contributed by atoms with E-state index in [1.807, 2.05) is 0 Å². The Labute approximate surface area is 131 Å². The lowest BCUT2D eigenvalue weighted by Gasteiger charge is -2.09. The van der Waals surface area contributed by atoms with Crippen molar-refractivity contribution in [3.8, 4) is 0 Å². The fraction of sp³-hybridized carbons (Fsp3) is 0.333. The first-order valence-corrected chi connectivity index (χ1v) is 7.52. The first kappa shape index (κ1) is 16.2. The first-order chi connectivity index (χ1) is 10.6. The summed E-state index contributed by atoms with van der Waals surface area (Å²) in [5.74, 6) is 0.440. The minimum Gasteiger partial charge on any atom is -0.392 e. The second-order valence-electron chi connectivity index (χ2n) is 5.64. The highest BCUT2D eigenvalue weighted by molar-refractivity contribution is 5.91. The van der Waals surface area contributed by atoms with Gasteiger partial charge in [0.1, 0.15) is 0 Å². The van der Waals surface area contributed by atoms with Crippen LogP contribution in [0.4, 0.5) is 5.69 Å². The Morgan fingerprint density at radius 2 is 1.95 bits per heavy atom. The summed E-state index contributed by atoms with van der Waals surface area (Å²) in [5.41, 5.74) is 3.69. The standard InChI is InChI=1S/C18H22N2O2/c1-13(2)15-6-3-14(4-7-15)5-8-18(22)20-17-11-19-10-9-16(17)12-21/h3-4,6-7,9-11,13,21H,5,8,12H2,1-2H3,(H,20,22). The van der Waals surface area contributed by atoms with Crippen molar-refractivity contribution in [3.05, 3.63) is 59.4 Å². The quantitative estimate of drug-likeness (QED) is 0.860. The number of aromatic nitrogens is 1. The lowest BCUT2D eigenvalue weighted by atomic mass is 10.0. The lowest BCUT2D eigenvalue weighted by molar-refractivity contribution is -0.116. The van der Waals surface area contributed by atoms with E-state index in [9.17, 15) is 9.90 Å². The van der Waals surface area contributed by atoms with Gasteiger partial charge < -0.3 is 10.4 Å². The van der Waals surface area contributed by atoms with Crippen LogP contribution >= 0.6 is 0 Å². The molecule has 1 aromatic heterocycles. The number of hydrogen-bond donors (Lipinski definition) is 2. The molecule has 4 heteroatoms.